The van der Waals surface area contributed by atoms with Crippen LogP contribution >= 0.6 is 0 Å². The predicted molar refractivity (Wildman–Crippen MR) is 134 cm³/mol. The number of para-hydroxylation sites is 1. The van der Waals surface area contributed by atoms with E-state index >= 15 is 0 Å². The Kier molecular flexibility index (Phi) is 7.24. The highest BCUT2D eigenvalue weighted by atomic mass is 16.5. The molecule has 0 fully saturated rings. The van der Waals surface area contributed by atoms with E-state index in [1.807, 2.05) is 31.2 Å². The van der Waals surface area contributed by atoms with E-state index in [2.05, 4.69) is 5.32 Å². The Hall–Kier alpha value is -3.94. The van der Waals surface area contributed by atoms with Gasteiger partial charge in [0.25, 0.3) is 0 Å². The van der Waals surface area contributed by atoms with E-state index in [9.17, 15) is 9.59 Å². The molecule has 2 atom stereocenters. The van der Waals surface area contributed by atoms with Crippen molar-refractivity contribution in [2.75, 3.05) is 35.5 Å². The molecule has 0 aromatic heterocycles. The van der Waals surface area contributed by atoms with E-state index < -0.39 is 11.9 Å². The number of benzene rings is 2. The van der Waals surface area contributed by atoms with Crippen molar-refractivity contribution in [1.82, 2.24) is 5.32 Å². The maximum atomic E-state index is 13.8. The zero-order valence-corrected chi connectivity index (χ0v) is 21.4. The number of Topliss-reactive ketones (excluding diaryl/α,β-unsaturated/α-hetero) is 1. The number of carbonyl (C=O) groups is 2. The highest BCUT2D eigenvalue weighted by molar-refractivity contribution is 6.04. The molecule has 0 saturated carbocycles. The lowest BCUT2D eigenvalue weighted by Gasteiger charge is -2.37. The zero-order chi connectivity index (χ0) is 26.0. The maximum absolute atomic E-state index is 13.8. The lowest BCUT2D eigenvalue weighted by Crippen LogP contribution is -2.36. The number of esters is 1. The van der Waals surface area contributed by atoms with Crippen molar-refractivity contribution in [3.8, 4) is 23.0 Å². The van der Waals surface area contributed by atoms with Gasteiger partial charge in [-0.2, -0.15) is 0 Å². The monoisotopic (exact) mass is 493 g/mol. The molecule has 1 heterocycles. The second-order valence-electron chi connectivity index (χ2n) is 8.67. The van der Waals surface area contributed by atoms with E-state index in [1.54, 1.807) is 19.2 Å². The molecule has 1 aliphatic heterocycles. The van der Waals surface area contributed by atoms with Crippen molar-refractivity contribution < 1.29 is 33.3 Å². The number of carbonyl (C=O) groups excluding carboxylic acids is 2. The number of ether oxygens (including phenoxy) is 5. The molecule has 0 unspecified atom stereocenters. The summed E-state index contributed by atoms with van der Waals surface area (Å²) in [6.07, 6.45) is 0.861. The first kappa shape index (κ1) is 25.2. The first-order chi connectivity index (χ1) is 17.4. The quantitative estimate of drug-likeness (QED) is 0.572. The van der Waals surface area contributed by atoms with Gasteiger partial charge in [0.05, 0.1) is 47.0 Å². The fraction of sp³-hybridized carbons (Fsp3) is 0.357. The highest BCUT2D eigenvalue weighted by Crippen LogP contribution is 2.51. The molecule has 2 aliphatic rings. The largest absolute Gasteiger partial charge is 0.496 e. The number of hydrogen-bond acceptors (Lipinski definition) is 8. The fourth-order valence-electron chi connectivity index (χ4n) is 5.31. The minimum absolute atomic E-state index is 0.0598. The minimum Gasteiger partial charge on any atom is -0.496 e. The topological polar surface area (TPSA) is 92.3 Å². The molecular weight excluding hydrogens is 462 g/mol. The van der Waals surface area contributed by atoms with Crippen molar-refractivity contribution in [3.05, 3.63) is 70.1 Å². The van der Waals surface area contributed by atoms with E-state index in [-0.39, 0.29) is 18.1 Å². The molecule has 0 spiro atoms. The van der Waals surface area contributed by atoms with Crippen LogP contribution in [-0.4, -0.2) is 47.3 Å². The van der Waals surface area contributed by atoms with Crippen LogP contribution in [-0.2, 0) is 14.3 Å². The van der Waals surface area contributed by atoms with Gasteiger partial charge in [0.2, 0.25) is 5.75 Å². The van der Waals surface area contributed by atoms with Crippen LogP contribution in [0, 0.1) is 0 Å². The van der Waals surface area contributed by atoms with Crippen LogP contribution in [0.5, 0.6) is 23.0 Å². The molecule has 36 heavy (non-hydrogen) atoms. The summed E-state index contributed by atoms with van der Waals surface area (Å²) >= 11 is 0. The van der Waals surface area contributed by atoms with Gasteiger partial charge in [-0.25, -0.2) is 4.79 Å². The van der Waals surface area contributed by atoms with Crippen LogP contribution in [0.15, 0.2) is 58.9 Å². The lowest BCUT2D eigenvalue weighted by atomic mass is 9.71. The molecule has 4 rings (SSSR count). The van der Waals surface area contributed by atoms with E-state index in [0.29, 0.717) is 46.1 Å². The molecule has 0 radical (unpaired) electrons. The van der Waals surface area contributed by atoms with Gasteiger partial charge in [-0.3, -0.25) is 4.79 Å². The summed E-state index contributed by atoms with van der Waals surface area (Å²) in [5.41, 5.74) is 3.86. The third-order valence-electron chi connectivity index (χ3n) is 6.86. The zero-order valence-electron chi connectivity index (χ0n) is 21.4. The summed E-state index contributed by atoms with van der Waals surface area (Å²) in [6, 6.07) is 11.3. The average Bonchev–Trinajstić information content (AvgIpc) is 2.90. The smallest absolute Gasteiger partial charge is 0.336 e. The molecule has 1 N–H and O–H groups in total. The van der Waals surface area contributed by atoms with Crippen LogP contribution in [0.1, 0.15) is 42.7 Å². The molecule has 0 amide bonds. The first-order valence-electron chi connectivity index (χ1n) is 11.6. The van der Waals surface area contributed by atoms with Crippen LogP contribution in [0.2, 0.25) is 0 Å². The van der Waals surface area contributed by atoms with Crippen molar-refractivity contribution in [2.45, 2.75) is 31.6 Å². The van der Waals surface area contributed by atoms with Gasteiger partial charge < -0.3 is 29.0 Å². The van der Waals surface area contributed by atoms with Crippen molar-refractivity contribution in [1.29, 1.82) is 0 Å². The number of allylic oxidation sites excluding steroid dienone is 3. The summed E-state index contributed by atoms with van der Waals surface area (Å²) in [4.78, 5) is 26.8. The van der Waals surface area contributed by atoms with E-state index in [1.165, 1.54) is 28.4 Å². The Bertz CT molecular complexity index is 1260. The second-order valence-corrected chi connectivity index (χ2v) is 8.67. The molecule has 0 bridgehead atoms. The first-order valence-corrected chi connectivity index (χ1v) is 11.6. The van der Waals surface area contributed by atoms with Crippen LogP contribution in [0.4, 0.5) is 0 Å². The van der Waals surface area contributed by atoms with Gasteiger partial charge in [0, 0.05) is 34.9 Å². The van der Waals surface area contributed by atoms with Crippen molar-refractivity contribution >= 4 is 11.8 Å². The standard InChI is InChI=1S/C28H31NO7/c1-15-23(28(31)36-6)24(18-11-12-22(33-3)27(35-5)26(18)34-4)25-19(29-15)13-16(14-20(25)30)17-9-7-8-10-21(17)32-2/h7-12,16,24,29H,13-14H2,1-6H3/t16-,24-/m1/s1. The highest BCUT2D eigenvalue weighted by Gasteiger charge is 2.43. The molecule has 0 saturated heterocycles. The number of nitrogens with one attached hydrogen (secondary N) is 1. The van der Waals surface area contributed by atoms with Gasteiger partial charge in [0.1, 0.15) is 5.75 Å². The number of rotatable bonds is 7. The Morgan fingerprint density at radius 2 is 1.53 bits per heavy atom. The Labute approximate surface area is 210 Å². The summed E-state index contributed by atoms with van der Waals surface area (Å²) in [5.74, 6) is 0.654. The van der Waals surface area contributed by atoms with Gasteiger partial charge >= 0.3 is 5.97 Å². The lowest BCUT2D eigenvalue weighted by molar-refractivity contribution is -0.136. The summed E-state index contributed by atoms with van der Waals surface area (Å²) in [6.45, 7) is 1.81. The van der Waals surface area contributed by atoms with Gasteiger partial charge in [-0.05, 0) is 31.0 Å². The second kappa shape index (κ2) is 10.4. The van der Waals surface area contributed by atoms with Crippen LogP contribution in [0.3, 0.4) is 0 Å². The molecule has 2 aromatic carbocycles. The molecule has 190 valence electrons. The normalized spacial score (nSPS) is 19.3. The number of hydrogen-bond donors (Lipinski definition) is 1. The van der Waals surface area contributed by atoms with E-state index in [4.69, 9.17) is 23.7 Å². The molecule has 2 aromatic rings. The molecule has 8 heteroatoms. The SMILES string of the molecule is COC(=O)C1=C(C)NC2=C(C(=O)C[C@H](c3ccccc3OC)C2)[C@@H]1c1ccc(OC)c(OC)c1OC. The third kappa shape index (κ3) is 4.17. The molecular formula is C28H31NO7. The average molecular weight is 494 g/mol. The van der Waals surface area contributed by atoms with Crippen molar-refractivity contribution in [3.63, 3.8) is 0 Å². The Morgan fingerprint density at radius 1 is 0.833 bits per heavy atom. The molecule has 1 aliphatic carbocycles. The van der Waals surface area contributed by atoms with Crippen LogP contribution < -0.4 is 24.3 Å². The van der Waals surface area contributed by atoms with Gasteiger partial charge in [-0.1, -0.05) is 24.3 Å². The fourth-order valence-corrected chi connectivity index (χ4v) is 5.31. The Balaban J connectivity index is 1.91. The summed E-state index contributed by atoms with van der Waals surface area (Å²) in [5, 5.41) is 3.34. The van der Waals surface area contributed by atoms with Gasteiger partial charge in [-0.15, -0.1) is 0 Å². The minimum atomic E-state index is -0.699. The number of ketones is 1. The number of methoxy groups -OCH3 is 5. The number of dihydropyridines is 1. The Morgan fingerprint density at radius 3 is 2.17 bits per heavy atom. The maximum Gasteiger partial charge on any atom is 0.336 e. The van der Waals surface area contributed by atoms with Gasteiger partial charge in [0.15, 0.2) is 17.3 Å². The van der Waals surface area contributed by atoms with E-state index in [0.717, 1.165) is 17.0 Å². The summed E-state index contributed by atoms with van der Waals surface area (Å²) in [7, 11) is 7.53. The van der Waals surface area contributed by atoms with Crippen molar-refractivity contribution in [2.24, 2.45) is 0 Å². The summed E-state index contributed by atoms with van der Waals surface area (Å²) < 4.78 is 27.5. The third-order valence-corrected chi connectivity index (χ3v) is 6.86. The predicted octanol–water partition coefficient (Wildman–Crippen LogP) is 4.26. The molecule has 8 nitrogen and oxygen atoms in total. The van der Waals surface area contributed by atoms with Crippen LogP contribution in [0.25, 0.3) is 0 Å².